The molecule has 0 aliphatic carbocycles. The largest absolute Gasteiger partial charge is 0.383 e. The van der Waals surface area contributed by atoms with Gasteiger partial charge in [-0.15, -0.1) is 11.3 Å². The van der Waals surface area contributed by atoms with Crippen molar-refractivity contribution < 1.29 is 4.79 Å². The Morgan fingerprint density at radius 1 is 1.59 bits per heavy atom. The summed E-state index contributed by atoms with van der Waals surface area (Å²) in [5, 5.41) is 10.9. The molecule has 1 aromatic rings. The van der Waals surface area contributed by atoms with Gasteiger partial charge in [-0.25, -0.2) is 0 Å². The maximum absolute atomic E-state index is 11.2. The zero-order chi connectivity index (χ0) is 12.8. The van der Waals surface area contributed by atoms with Crippen molar-refractivity contribution in [2.75, 3.05) is 14.1 Å². The van der Waals surface area contributed by atoms with Gasteiger partial charge in [-0.05, 0) is 23.7 Å². The molecule has 0 saturated heterocycles. The maximum Gasteiger partial charge on any atom is 0.260 e. The topological polar surface area (TPSA) is 70.1 Å². The highest BCUT2D eigenvalue weighted by atomic mass is 32.1. The van der Waals surface area contributed by atoms with Crippen LogP contribution in [0.5, 0.6) is 0 Å². The lowest BCUT2D eigenvalue weighted by Crippen LogP contribution is -2.14. The number of allylic oxidation sites excluding steroid dienone is 2. The van der Waals surface area contributed by atoms with Crippen LogP contribution in [0.4, 0.5) is 0 Å². The molecule has 0 aliphatic heterocycles. The van der Waals surface area contributed by atoms with E-state index in [0.717, 1.165) is 4.88 Å². The number of carbonyl (C=O) groups excluding carboxylic acids is 1. The lowest BCUT2D eigenvalue weighted by molar-refractivity contribution is -0.114. The third-order valence-electron chi connectivity index (χ3n) is 1.95. The minimum atomic E-state index is -0.709. The number of rotatable bonds is 4. The molecule has 0 bridgehead atoms. The molecule has 0 aliphatic rings. The molecule has 1 aromatic heterocycles. The molecule has 0 unspecified atom stereocenters. The van der Waals surface area contributed by atoms with Crippen molar-refractivity contribution in [3.63, 3.8) is 0 Å². The van der Waals surface area contributed by atoms with Crippen LogP contribution in [-0.4, -0.2) is 24.9 Å². The molecule has 1 rings (SSSR count). The van der Waals surface area contributed by atoms with E-state index in [-0.39, 0.29) is 5.57 Å². The number of hydrogen-bond acceptors (Lipinski definition) is 4. The summed E-state index contributed by atoms with van der Waals surface area (Å²) >= 11 is 1.46. The second-order valence-electron chi connectivity index (χ2n) is 3.52. The van der Waals surface area contributed by atoms with Gasteiger partial charge in [0.15, 0.2) is 0 Å². The van der Waals surface area contributed by atoms with Gasteiger partial charge in [-0.2, -0.15) is 5.26 Å². The Hall–Kier alpha value is -2.06. The first kappa shape index (κ1) is 13.0. The Bertz CT molecular complexity index is 492. The monoisotopic (exact) mass is 247 g/mol. The fraction of sp³-hybridized carbons (Fsp3) is 0.167. The Morgan fingerprint density at radius 2 is 2.29 bits per heavy atom. The molecule has 0 spiro atoms. The molecule has 1 heterocycles. The Labute approximate surface area is 104 Å². The summed E-state index contributed by atoms with van der Waals surface area (Å²) < 4.78 is 0. The first-order valence-electron chi connectivity index (χ1n) is 4.89. The Balaban J connectivity index is 3.30. The van der Waals surface area contributed by atoms with Crippen molar-refractivity contribution in [1.82, 2.24) is 4.90 Å². The van der Waals surface area contributed by atoms with E-state index in [0.29, 0.717) is 5.57 Å². The zero-order valence-electron chi connectivity index (χ0n) is 9.68. The summed E-state index contributed by atoms with van der Waals surface area (Å²) in [6.07, 6.45) is 3.49. The number of carbonyl (C=O) groups is 1. The summed E-state index contributed by atoms with van der Waals surface area (Å²) in [7, 11) is 3.72. The summed E-state index contributed by atoms with van der Waals surface area (Å²) in [5.41, 5.74) is 5.73. The van der Waals surface area contributed by atoms with Crippen molar-refractivity contribution in [2.24, 2.45) is 5.73 Å². The second kappa shape index (κ2) is 5.87. The van der Waals surface area contributed by atoms with E-state index in [1.807, 2.05) is 42.6 Å². The van der Waals surface area contributed by atoms with Crippen LogP contribution in [0.1, 0.15) is 4.88 Å². The minimum absolute atomic E-state index is 0.0226. The minimum Gasteiger partial charge on any atom is -0.383 e. The SMILES string of the molecule is CN(C)/C=C/C(=C(/C#N)C(N)=O)c1cccs1. The molecule has 4 nitrogen and oxygen atoms in total. The van der Waals surface area contributed by atoms with Gasteiger partial charge >= 0.3 is 0 Å². The molecule has 0 radical (unpaired) electrons. The number of nitrogens with zero attached hydrogens (tertiary/aromatic N) is 2. The average Bonchev–Trinajstić information content (AvgIpc) is 2.76. The van der Waals surface area contributed by atoms with Crippen molar-refractivity contribution >= 4 is 22.8 Å². The Kier molecular flexibility index (Phi) is 4.49. The first-order chi connectivity index (χ1) is 8.06. The van der Waals surface area contributed by atoms with Crippen molar-refractivity contribution in [2.45, 2.75) is 0 Å². The number of nitriles is 1. The third kappa shape index (κ3) is 3.47. The van der Waals surface area contributed by atoms with Crippen molar-refractivity contribution in [1.29, 1.82) is 5.26 Å². The molecule has 0 fully saturated rings. The lowest BCUT2D eigenvalue weighted by atomic mass is 10.1. The second-order valence-corrected chi connectivity index (χ2v) is 4.47. The molecular formula is C12H13N3OS. The van der Waals surface area contributed by atoms with Crippen molar-refractivity contribution in [3.05, 3.63) is 40.2 Å². The first-order valence-corrected chi connectivity index (χ1v) is 5.77. The highest BCUT2D eigenvalue weighted by molar-refractivity contribution is 7.11. The highest BCUT2D eigenvalue weighted by Gasteiger charge is 2.12. The van der Waals surface area contributed by atoms with Crippen LogP contribution in [-0.2, 0) is 4.79 Å². The van der Waals surface area contributed by atoms with Crippen LogP contribution in [0.3, 0.4) is 0 Å². The van der Waals surface area contributed by atoms with Gasteiger partial charge in [0, 0.05) is 24.5 Å². The molecule has 17 heavy (non-hydrogen) atoms. The third-order valence-corrected chi connectivity index (χ3v) is 2.86. The Morgan fingerprint density at radius 3 is 2.71 bits per heavy atom. The van der Waals surface area contributed by atoms with E-state index in [1.165, 1.54) is 11.3 Å². The molecule has 1 amide bonds. The molecule has 5 heteroatoms. The summed E-state index contributed by atoms with van der Waals surface area (Å²) in [6.45, 7) is 0. The smallest absolute Gasteiger partial charge is 0.260 e. The van der Waals surface area contributed by atoms with Crippen LogP contribution in [0.2, 0.25) is 0 Å². The fourth-order valence-corrected chi connectivity index (χ4v) is 1.95. The van der Waals surface area contributed by atoms with Gasteiger partial charge in [0.25, 0.3) is 5.91 Å². The summed E-state index contributed by atoms with van der Waals surface area (Å²) in [5.74, 6) is -0.709. The number of primary amides is 1. The van der Waals surface area contributed by atoms with Gasteiger partial charge in [0.05, 0.1) is 0 Å². The standard InChI is InChI=1S/C12H13N3OS/c1-15(2)6-5-9(10(8-13)12(14)16)11-4-3-7-17-11/h3-7H,1-2H3,(H2,14,16)/b6-5+,10-9+. The molecular weight excluding hydrogens is 234 g/mol. The predicted octanol–water partition coefficient (Wildman–Crippen LogP) is 1.59. The maximum atomic E-state index is 11.2. The van der Waals surface area contributed by atoms with Gasteiger partial charge in [0.1, 0.15) is 11.6 Å². The fourth-order valence-electron chi connectivity index (χ4n) is 1.19. The van der Waals surface area contributed by atoms with E-state index in [4.69, 9.17) is 11.0 Å². The van der Waals surface area contributed by atoms with E-state index in [9.17, 15) is 4.79 Å². The molecule has 88 valence electrons. The van der Waals surface area contributed by atoms with Crippen molar-refractivity contribution in [3.8, 4) is 6.07 Å². The van der Waals surface area contributed by atoms with Gasteiger partial charge in [-0.1, -0.05) is 6.07 Å². The molecule has 0 saturated carbocycles. The number of amides is 1. The molecule has 0 atom stereocenters. The lowest BCUT2D eigenvalue weighted by Gasteiger charge is -2.06. The van der Waals surface area contributed by atoms with Crippen LogP contribution in [0, 0.1) is 11.3 Å². The van der Waals surface area contributed by atoms with Crippen LogP contribution in [0.15, 0.2) is 35.4 Å². The van der Waals surface area contributed by atoms with Crippen LogP contribution in [0.25, 0.3) is 5.57 Å². The quantitative estimate of drug-likeness (QED) is 0.499. The number of thiophene rings is 1. The van der Waals surface area contributed by atoms with E-state index in [1.54, 1.807) is 12.3 Å². The zero-order valence-corrected chi connectivity index (χ0v) is 10.5. The van der Waals surface area contributed by atoms with E-state index >= 15 is 0 Å². The predicted molar refractivity (Wildman–Crippen MR) is 68.9 cm³/mol. The highest BCUT2D eigenvalue weighted by Crippen LogP contribution is 2.24. The number of nitrogens with two attached hydrogens (primary N) is 1. The molecule has 0 aromatic carbocycles. The average molecular weight is 247 g/mol. The summed E-state index contributed by atoms with van der Waals surface area (Å²) in [6, 6.07) is 5.56. The van der Waals surface area contributed by atoms with Gasteiger partial charge < -0.3 is 10.6 Å². The summed E-state index contributed by atoms with van der Waals surface area (Å²) in [4.78, 5) is 13.9. The van der Waals surface area contributed by atoms with E-state index < -0.39 is 5.91 Å². The van der Waals surface area contributed by atoms with Gasteiger partial charge in [0.2, 0.25) is 0 Å². The normalized spacial score (nSPS) is 12.1. The van der Waals surface area contributed by atoms with Gasteiger partial charge in [-0.3, -0.25) is 4.79 Å². The number of hydrogen-bond donors (Lipinski definition) is 1. The molecule has 2 N–H and O–H groups in total. The van der Waals surface area contributed by atoms with Crippen LogP contribution < -0.4 is 5.73 Å². The van der Waals surface area contributed by atoms with Crippen LogP contribution >= 0.6 is 11.3 Å². The van der Waals surface area contributed by atoms with E-state index in [2.05, 4.69) is 0 Å².